The van der Waals surface area contributed by atoms with E-state index in [-0.39, 0.29) is 11.4 Å². The summed E-state index contributed by atoms with van der Waals surface area (Å²) in [6.07, 6.45) is 3.05. The summed E-state index contributed by atoms with van der Waals surface area (Å²) in [6.45, 7) is 9.43. The molecule has 0 saturated carbocycles. The van der Waals surface area contributed by atoms with Crippen molar-refractivity contribution in [2.24, 2.45) is 4.99 Å². The molecule has 0 radical (unpaired) electrons. The Labute approximate surface area is 188 Å². The van der Waals surface area contributed by atoms with Crippen molar-refractivity contribution >= 4 is 40.3 Å². The molecule has 6 heteroatoms. The molecule has 1 saturated heterocycles. The number of nitrogens with zero attached hydrogens (tertiary/aromatic N) is 2. The zero-order valence-electron chi connectivity index (χ0n) is 18.7. The van der Waals surface area contributed by atoms with Crippen molar-refractivity contribution in [2.45, 2.75) is 45.6 Å². The van der Waals surface area contributed by atoms with Crippen LogP contribution in [0.1, 0.15) is 51.2 Å². The maximum Gasteiger partial charge on any atom is 0.264 e. The lowest BCUT2D eigenvalue weighted by Crippen LogP contribution is -2.45. The van der Waals surface area contributed by atoms with E-state index in [1.807, 2.05) is 37.3 Å². The van der Waals surface area contributed by atoms with Crippen molar-refractivity contribution in [1.29, 1.82) is 0 Å². The van der Waals surface area contributed by atoms with Crippen molar-refractivity contribution < 1.29 is 9.53 Å². The number of rotatable bonds is 4. The van der Waals surface area contributed by atoms with Crippen LogP contribution in [0.3, 0.4) is 0 Å². The van der Waals surface area contributed by atoms with Crippen LogP contribution in [0, 0.1) is 0 Å². The number of aliphatic imine (C=N–C) groups is 1. The highest BCUT2D eigenvalue weighted by Gasteiger charge is 2.34. The highest BCUT2D eigenvalue weighted by atomic mass is 32.2. The lowest BCUT2D eigenvalue weighted by molar-refractivity contribution is -0.115. The number of anilines is 1. The quantitative estimate of drug-likeness (QED) is 0.626. The maximum atomic E-state index is 12.5. The highest BCUT2D eigenvalue weighted by Crippen LogP contribution is 2.43. The molecule has 162 valence electrons. The van der Waals surface area contributed by atoms with Crippen molar-refractivity contribution in [1.82, 2.24) is 5.32 Å². The van der Waals surface area contributed by atoms with Gasteiger partial charge in [0.1, 0.15) is 5.75 Å². The minimum absolute atomic E-state index is 0.112. The normalized spacial score (nSPS) is 22.5. The van der Waals surface area contributed by atoms with Crippen LogP contribution < -0.4 is 15.0 Å². The summed E-state index contributed by atoms with van der Waals surface area (Å²) in [7, 11) is 2.16. The van der Waals surface area contributed by atoms with E-state index in [0.29, 0.717) is 22.6 Å². The summed E-state index contributed by atoms with van der Waals surface area (Å²) in [5.74, 6) is 1.17. The number of ether oxygens (including phenoxy) is 1. The number of thioether (sulfide) groups is 1. The molecule has 2 aliphatic heterocycles. The zero-order chi connectivity index (χ0) is 22.2. The molecule has 0 unspecified atom stereocenters. The van der Waals surface area contributed by atoms with Crippen molar-refractivity contribution in [3.05, 3.63) is 58.5 Å². The number of hydrogen-bond acceptors (Lipinski definition) is 5. The lowest BCUT2D eigenvalue weighted by atomic mass is 9.80. The third kappa shape index (κ3) is 4.49. The molecule has 0 bridgehead atoms. The Bertz CT molecular complexity index is 1060. The van der Waals surface area contributed by atoms with Crippen LogP contribution in [0.15, 0.2) is 52.4 Å². The smallest absolute Gasteiger partial charge is 0.264 e. The molecule has 2 heterocycles. The van der Waals surface area contributed by atoms with Crippen LogP contribution in [0.25, 0.3) is 6.08 Å². The van der Waals surface area contributed by atoms with Gasteiger partial charge in [0, 0.05) is 18.3 Å². The number of carbonyl (C=O) groups is 1. The second kappa shape index (κ2) is 8.42. The van der Waals surface area contributed by atoms with Gasteiger partial charge in [0.25, 0.3) is 5.91 Å². The molecule has 2 aliphatic rings. The number of carbonyl (C=O) groups excluding carboxylic acids is 1. The number of amides is 1. The fraction of sp³-hybridized carbons (Fsp3) is 0.360. The van der Waals surface area contributed by atoms with Crippen LogP contribution in [0.2, 0.25) is 0 Å². The Balaban J connectivity index is 1.55. The van der Waals surface area contributed by atoms with Gasteiger partial charge in [-0.15, -0.1) is 0 Å². The van der Waals surface area contributed by atoms with Crippen LogP contribution >= 0.6 is 11.8 Å². The van der Waals surface area contributed by atoms with Gasteiger partial charge in [0.2, 0.25) is 0 Å². The predicted octanol–water partition coefficient (Wildman–Crippen LogP) is 5.70. The molecule has 2 aromatic rings. The van der Waals surface area contributed by atoms with Gasteiger partial charge < -0.3 is 15.0 Å². The SMILES string of the molecule is CCOc1ccc(N=C2NC(=O)/C(=C/c3ccc4c(c3)[C@H](C)CC(C)(C)N4C)S2)cc1. The minimum Gasteiger partial charge on any atom is -0.494 e. The van der Waals surface area contributed by atoms with Crippen molar-refractivity contribution in [3.63, 3.8) is 0 Å². The van der Waals surface area contributed by atoms with Gasteiger partial charge in [-0.05, 0) is 98.5 Å². The number of hydrogen-bond donors (Lipinski definition) is 1. The molecule has 0 aliphatic carbocycles. The number of nitrogens with one attached hydrogen (secondary N) is 1. The maximum absolute atomic E-state index is 12.5. The van der Waals surface area contributed by atoms with E-state index in [9.17, 15) is 4.79 Å². The van der Waals surface area contributed by atoms with Gasteiger partial charge in [-0.25, -0.2) is 4.99 Å². The number of benzene rings is 2. The molecule has 5 nitrogen and oxygen atoms in total. The van der Waals surface area contributed by atoms with Gasteiger partial charge in [-0.3, -0.25) is 4.79 Å². The topological polar surface area (TPSA) is 53.9 Å². The minimum atomic E-state index is -0.112. The Hall–Kier alpha value is -2.73. The first kappa shape index (κ1) is 21.5. The van der Waals surface area contributed by atoms with Crippen LogP contribution in [0.5, 0.6) is 5.75 Å². The highest BCUT2D eigenvalue weighted by molar-refractivity contribution is 8.18. The zero-order valence-corrected chi connectivity index (χ0v) is 19.5. The molecular weight excluding hydrogens is 406 g/mol. The summed E-state index contributed by atoms with van der Waals surface area (Å²) in [5.41, 5.74) is 4.56. The van der Waals surface area contributed by atoms with Gasteiger partial charge in [-0.2, -0.15) is 0 Å². The molecule has 1 amide bonds. The third-order valence-corrected chi connectivity index (χ3v) is 6.89. The molecule has 1 N–H and O–H groups in total. The number of amidine groups is 1. The lowest BCUT2D eigenvalue weighted by Gasteiger charge is -2.45. The van der Waals surface area contributed by atoms with E-state index >= 15 is 0 Å². The first-order valence-electron chi connectivity index (χ1n) is 10.7. The van der Waals surface area contributed by atoms with E-state index in [4.69, 9.17) is 4.74 Å². The molecule has 1 atom stereocenters. The molecular formula is C25H29N3O2S. The van der Waals surface area contributed by atoms with E-state index in [1.54, 1.807) is 0 Å². The first-order valence-corrected chi connectivity index (χ1v) is 11.5. The second-order valence-electron chi connectivity index (χ2n) is 8.70. The Morgan fingerprint density at radius 1 is 1.26 bits per heavy atom. The summed E-state index contributed by atoms with van der Waals surface area (Å²) >= 11 is 1.37. The van der Waals surface area contributed by atoms with Crippen LogP contribution in [-0.2, 0) is 4.79 Å². The molecule has 2 aromatic carbocycles. The third-order valence-electron chi connectivity index (χ3n) is 5.98. The van der Waals surface area contributed by atoms with Crippen LogP contribution in [-0.4, -0.2) is 30.3 Å². The van der Waals surface area contributed by atoms with Crippen molar-refractivity contribution in [3.8, 4) is 5.75 Å². The standard InChI is InChI=1S/C25H29N3O2S/c1-6-30-19-10-8-18(9-11-19)26-24-27-23(29)22(31-24)14-17-7-12-21-20(13-17)16(2)15-25(3,4)28(21)5/h7-14,16H,6,15H2,1-5H3,(H,26,27,29)/b22-14-/t16-/m1/s1. The second-order valence-corrected chi connectivity index (χ2v) is 9.73. The Morgan fingerprint density at radius 3 is 2.71 bits per heavy atom. The average molecular weight is 436 g/mol. The van der Waals surface area contributed by atoms with E-state index in [1.165, 1.54) is 23.0 Å². The number of fused-ring (bicyclic) bond motifs is 1. The largest absolute Gasteiger partial charge is 0.494 e. The van der Waals surface area contributed by atoms with Gasteiger partial charge in [0.05, 0.1) is 17.2 Å². The molecule has 1 fully saturated rings. The Kier molecular flexibility index (Phi) is 5.84. The molecule has 0 spiro atoms. The van der Waals surface area contributed by atoms with Gasteiger partial charge >= 0.3 is 0 Å². The molecule has 4 rings (SSSR count). The van der Waals surface area contributed by atoms with E-state index in [0.717, 1.165) is 23.4 Å². The Morgan fingerprint density at radius 2 is 2.00 bits per heavy atom. The average Bonchev–Trinajstić information content (AvgIpc) is 3.06. The molecule has 0 aromatic heterocycles. The predicted molar refractivity (Wildman–Crippen MR) is 130 cm³/mol. The fourth-order valence-corrected chi connectivity index (χ4v) is 5.06. The van der Waals surface area contributed by atoms with E-state index in [2.05, 4.69) is 61.2 Å². The molecule has 31 heavy (non-hydrogen) atoms. The van der Waals surface area contributed by atoms with Crippen molar-refractivity contribution in [2.75, 3.05) is 18.6 Å². The summed E-state index contributed by atoms with van der Waals surface area (Å²) < 4.78 is 5.46. The van der Waals surface area contributed by atoms with E-state index < -0.39 is 0 Å². The summed E-state index contributed by atoms with van der Waals surface area (Å²) in [4.78, 5) is 20.1. The van der Waals surface area contributed by atoms with Crippen LogP contribution in [0.4, 0.5) is 11.4 Å². The first-order chi connectivity index (χ1) is 14.8. The monoisotopic (exact) mass is 435 g/mol. The fourth-order valence-electron chi connectivity index (χ4n) is 4.22. The summed E-state index contributed by atoms with van der Waals surface area (Å²) in [6, 6.07) is 14.0. The van der Waals surface area contributed by atoms with Gasteiger partial charge in [-0.1, -0.05) is 13.0 Å². The summed E-state index contributed by atoms with van der Waals surface area (Å²) in [5, 5.41) is 3.46. The van der Waals surface area contributed by atoms with Gasteiger partial charge in [0.15, 0.2) is 5.17 Å².